The molecule has 0 aromatic carbocycles. The van der Waals surface area contributed by atoms with E-state index in [-0.39, 0.29) is 31.0 Å². The van der Waals surface area contributed by atoms with Crippen LogP contribution in [-0.2, 0) is 15.5 Å². The summed E-state index contributed by atoms with van der Waals surface area (Å²) in [5, 5.41) is 0. The first-order chi connectivity index (χ1) is 2.27. The second kappa shape index (κ2) is 6.13. The van der Waals surface area contributed by atoms with Crippen LogP contribution in [0.25, 0.3) is 0 Å². The molecule has 6 heteroatoms. The Morgan fingerprint density at radius 3 is 2.17 bits per heavy atom. The second-order valence-electron chi connectivity index (χ2n) is 0.313. The monoisotopic (exact) mass is 116 g/mol. The molecule has 0 spiro atoms. The molecule has 0 bridgehead atoms. The van der Waals surface area contributed by atoms with Gasteiger partial charge >= 0.3 is 37.6 Å². The summed E-state index contributed by atoms with van der Waals surface area (Å²) in [6.07, 6.45) is 0. The van der Waals surface area contributed by atoms with Gasteiger partial charge in [0, 0.05) is 0 Å². The van der Waals surface area contributed by atoms with Gasteiger partial charge in [0.05, 0.1) is 0 Å². The summed E-state index contributed by atoms with van der Waals surface area (Å²) in [4.78, 5) is 0. The van der Waals surface area contributed by atoms with Crippen molar-refractivity contribution in [3.05, 3.63) is 0 Å². The zero-order valence-corrected chi connectivity index (χ0v) is 6.07. The first kappa shape index (κ1) is 10.2. The van der Waals surface area contributed by atoms with Crippen LogP contribution in [0, 0.1) is 0 Å². The molecule has 0 aliphatic carbocycles. The van der Waals surface area contributed by atoms with Crippen LogP contribution in [0.4, 0.5) is 0 Å². The summed E-state index contributed by atoms with van der Waals surface area (Å²) in [5.41, 5.74) is 0. The molecule has 0 aromatic rings. The minimum atomic E-state index is -2.29. The predicted molar refractivity (Wildman–Crippen MR) is 18.7 cm³/mol. The molecule has 1 unspecified atom stereocenters. The molecular formula is H2BNaO3S. The van der Waals surface area contributed by atoms with Gasteiger partial charge in [-0.25, -0.2) is 0 Å². The molecule has 0 aromatic heterocycles. The van der Waals surface area contributed by atoms with Crippen molar-refractivity contribution in [3.63, 3.8) is 0 Å². The van der Waals surface area contributed by atoms with E-state index in [9.17, 15) is 0 Å². The Morgan fingerprint density at radius 1 is 2.00 bits per heavy atom. The van der Waals surface area contributed by atoms with Crippen LogP contribution in [0.3, 0.4) is 0 Å². The predicted octanol–water partition coefficient (Wildman–Crippen LogP) is -3.66. The van der Waals surface area contributed by atoms with Crippen molar-refractivity contribution in [1.82, 2.24) is 0 Å². The fourth-order valence-electron chi connectivity index (χ4n) is 0. The molecule has 30 valence electrons. The average molecular weight is 116 g/mol. The van der Waals surface area contributed by atoms with E-state index in [1.807, 2.05) is 0 Å². The van der Waals surface area contributed by atoms with Crippen molar-refractivity contribution in [1.29, 1.82) is 0 Å². The summed E-state index contributed by atoms with van der Waals surface area (Å²) in [7, 11) is 4.12. The summed E-state index contributed by atoms with van der Waals surface area (Å²) >= 11 is -2.29. The number of hydrogen-bond donors (Lipinski definition) is 1. The number of rotatable bonds is 1. The van der Waals surface area contributed by atoms with Crippen molar-refractivity contribution < 1.29 is 43.8 Å². The smallest absolute Gasteiger partial charge is 1.00 e. The minimum Gasteiger partial charge on any atom is -1.00 e. The zero-order chi connectivity index (χ0) is 4.28. The van der Waals surface area contributed by atoms with Gasteiger partial charge in [-0.05, 0) is 0 Å². The molecule has 0 fully saturated rings. The Hall–Kier alpha value is 1.13. The average Bonchev–Trinajstić information content (AvgIpc) is 1.38. The van der Waals surface area contributed by atoms with Gasteiger partial charge in [0.1, 0.15) is 0 Å². The standard InChI is InChI=1S/BHO3S.Na.H/c1-4-5(2)3;;/h(H,2,3);;/q;+1;-1. The third kappa shape index (κ3) is 8.93. The third-order valence-electron chi connectivity index (χ3n) is 0.0823. The maximum absolute atomic E-state index is 9.13. The van der Waals surface area contributed by atoms with Crippen LogP contribution in [0.2, 0.25) is 0 Å². The summed E-state index contributed by atoms with van der Waals surface area (Å²) < 4.78 is 19.9. The first-order valence-corrected chi connectivity index (χ1v) is 1.78. The van der Waals surface area contributed by atoms with E-state index in [1.54, 1.807) is 0 Å². The summed E-state index contributed by atoms with van der Waals surface area (Å²) in [5.74, 6) is 0. The van der Waals surface area contributed by atoms with Gasteiger partial charge in [0.2, 0.25) is 0 Å². The van der Waals surface area contributed by atoms with Crippen molar-refractivity contribution in [2.24, 2.45) is 0 Å². The van der Waals surface area contributed by atoms with Gasteiger partial charge in [-0.3, -0.25) is 4.55 Å². The fraction of sp³-hybridized carbons (Fsp3) is 0. The Balaban J connectivity index is -0.0000000800. The van der Waals surface area contributed by atoms with Crippen LogP contribution in [0.5, 0.6) is 0 Å². The van der Waals surface area contributed by atoms with E-state index in [0.717, 1.165) is 0 Å². The molecule has 0 aliphatic heterocycles. The Kier molecular flexibility index (Phi) is 10.4. The molecule has 0 rings (SSSR count). The van der Waals surface area contributed by atoms with Gasteiger partial charge < -0.3 is 5.53 Å². The minimum absolute atomic E-state index is 0. The normalized spacial score (nSPS) is 12.2. The fourth-order valence-corrected chi connectivity index (χ4v) is 0. The van der Waals surface area contributed by atoms with Crippen molar-refractivity contribution in [2.75, 3.05) is 0 Å². The number of hydrogen-bond acceptors (Lipinski definition) is 2. The molecule has 0 aliphatic rings. The third-order valence-corrected chi connectivity index (χ3v) is 0.247. The first-order valence-electron chi connectivity index (χ1n) is 0.752. The SMILES string of the molecule is [B]OS(=O)O.[H-].[Na+]. The molecule has 0 saturated carbocycles. The second-order valence-corrected chi connectivity index (χ2v) is 0.940. The van der Waals surface area contributed by atoms with Gasteiger partial charge in [0.25, 0.3) is 11.4 Å². The Morgan fingerprint density at radius 2 is 2.17 bits per heavy atom. The van der Waals surface area contributed by atoms with E-state index in [1.165, 1.54) is 0 Å². The molecule has 2 radical (unpaired) electrons. The zero-order valence-electron chi connectivity index (χ0n) is 4.25. The van der Waals surface area contributed by atoms with Crippen molar-refractivity contribution >= 4 is 19.4 Å². The largest absolute Gasteiger partial charge is 1.00 e. The Labute approximate surface area is 63.2 Å². The summed E-state index contributed by atoms with van der Waals surface area (Å²) in [6.45, 7) is 0. The van der Waals surface area contributed by atoms with Crippen LogP contribution < -0.4 is 29.6 Å². The molecule has 0 saturated heterocycles. The molecule has 0 amide bonds. The van der Waals surface area contributed by atoms with Crippen LogP contribution in [0.1, 0.15) is 1.43 Å². The molecule has 3 nitrogen and oxygen atoms in total. The van der Waals surface area contributed by atoms with Crippen molar-refractivity contribution in [2.45, 2.75) is 0 Å². The van der Waals surface area contributed by atoms with Crippen LogP contribution in [0.15, 0.2) is 0 Å². The van der Waals surface area contributed by atoms with Crippen molar-refractivity contribution in [3.8, 4) is 0 Å². The molecule has 1 atom stereocenters. The molecule has 1 N–H and O–H groups in total. The topological polar surface area (TPSA) is 46.5 Å². The molecule has 6 heavy (non-hydrogen) atoms. The van der Waals surface area contributed by atoms with E-state index < -0.39 is 11.4 Å². The van der Waals surface area contributed by atoms with E-state index in [0.29, 0.717) is 0 Å². The molecular weight excluding hydrogens is 114 g/mol. The summed E-state index contributed by atoms with van der Waals surface area (Å²) in [6, 6.07) is 0. The molecule has 0 heterocycles. The van der Waals surface area contributed by atoms with Gasteiger partial charge in [-0.2, -0.15) is 4.21 Å². The van der Waals surface area contributed by atoms with E-state index >= 15 is 0 Å². The van der Waals surface area contributed by atoms with Gasteiger partial charge in [0.15, 0.2) is 0 Å². The van der Waals surface area contributed by atoms with Crippen LogP contribution >= 0.6 is 0 Å². The van der Waals surface area contributed by atoms with Gasteiger partial charge in [-0.15, -0.1) is 0 Å². The maximum atomic E-state index is 9.13. The quantitative estimate of drug-likeness (QED) is 0.283. The maximum Gasteiger partial charge on any atom is 1.00 e. The Bertz CT molecular complexity index is 50.2. The van der Waals surface area contributed by atoms with E-state index in [4.69, 9.17) is 8.76 Å². The van der Waals surface area contributed by atoms with Gasteiger partial charge in [-0.1, -0.05) is 0 Å². The van der Waals surface area contributed by atoms with E-state index in [2.05, 4.69) is 12.1 Å². The van der Waals surface area contributed by atoms with Crippen LogP contribution in [-0.4, -0.2) is 16.8 Å².